The van der Waals surface area contributed by atoms with Gasteiger partial charge < -0.3 is 15.2 Å². The van der Waals surface area contributed by atoms with Crippen LogP contribution in [0.5, 0.6) is 5.88 Å². The molecule has 0 aromatic carbocycles. The van der Waals surface area contributed by atoms with Crippen LogP contribution in [0.4, 0.5) is 0 Å². The van der Waals surface area contributed by atoms with Crippen LogP contribution in [0.25, 0.3) is 0 Å². The largest absolute Gasteiger partial charge is 0.493 e. The average Bonchev–Trinajstić information content (AvgIpc) is 3.10. The minimum atomic E-state index is 0.118. The van der Waals surface area contributed by atoms with E-state index in [1.807, 2.05) is 0 Å². The first kappa shape index (κ1) is 12.3. The molecule has 0 spiro atoms. The van der Waals surface area contributed by atoms with Gasteiger partial charge in [0.2, 0.25) is 5.88 Å². The van der Waals surface area contributed by atoms with Crippen molar-refractivity contribution >= 4 is 0 Å². The molecule has 1 heterocycles. The molecule has 1 aliphatic rings. The van der Waals surface area contributed by atoms with E-state index < -0.39 is 0 Å². The minimum Gasteiger partial charge on any atom is -0.493 e. The summed E-state index contributed by atoms with van der Waals surface area (Å²) in [6.07, 6.45) is 4.33. The van der Waals surface area contributed by atoms with Crippen molar-refractivity contribution in [3.63, 3.8) is 0 Å². The van der Waals surface area contributed by atoms with Crippen molar-refractivity contribution in [1.29, 1.82) is 0 Å². The Kier molecular flexibility index (Phi) is 4.34. The SMILES string of the molecule is COCCCc1cc(CNC2CC2)cc(O)n1. The molecule has 4 nitrogen and oxygen atoms in total. The second kappa shape index (κ2) is 5.98. The Bertz CT molecular complexity index is 364. The van der Waals surface area contributed by atoms with E-state index in [1.165, 1.54) is 12.8 Å². The predicted octanol–water partition coefficient (Wildman–Crippen LogP) is 1.62. The Morgan fingerprint density at radius 2 is 2.29 bits per heavy atom. The van der Waals surface area contributed by atoms with Gasteiger partial charge in [0.15, 0.2) is 0 Å². The van der Waals surface area contributed by atoms with Crippen LogP contribution in [0.3, 0.4) is 0 Å². The number of nitrogens with zero attached hydrogens (tertiary/aromatic N) is 1. The van der Waals surface area contributed by atoms with Crippen molar-refractivity contribution in [3.05, 3.63) is 23.4 Å². The van der Waals surface area contributed by atoms with Crippen LogP contribution >= 0.6 is 0 Å². The lowest BCUT2D eigenvalue weighted by atomic mass is 10.1. The maximum Gasteiger partial charge on any atom is 0.211 e. The molecule has 0 bridgehead atoms. The molecule has 2 rings (SSSR count). The highest BCUT2D eigenvalue weighted by Gasteiger charge is 2.20. The van der Waals surface area contributed by atoms with Crippen LogP contribution in [0.15, 0.2) is 12.1 Å². The fourth-order valence-corrected chi connectivity index (χ4v) is 1.81. The van der Waals surface area contributed by atoms with Gasteiger partial charge in [-0.1, -0.05) is 0 Å². The molecule has 0 aliphatic heterocycles. The molecule has 0 atom stereocenters. The predicted molar refractivity (Wildman–Crippen MR) is 66.0 cm³/mol. The van der Waals surface area contributed by atoms with Crippen LogP contribution in [0.1, 0.15) is 30.5 Å². The molecule has 1 aliphatic carbocycles. The van der Waals surface area contributed by atoms with Crippen molar-refractivity contribution in [2.45, 2.75) is 38.3 Å². The van der Waals surface area contributed by atoms with Gasteiger partial charge in [-0.2, -0.15) is 0 Å². The first-order valence-corrected chi connectivity index (χ1v) is 6.19. The van der Waals surface area contributed by atoms with E-state index in [0.717, 1.165) is 37.3 Å². The van der Waals surface area contributed by atoms with Gasteiger partial charge in [-0.15, -0.1) is 0 Å². The minimum absolute atomic E-state index is 0.118. The monoisotopic (exact) mass is 236 g/mol. The molecule has 1 aromatic heterocycles. The molecule has 0 amide bonds. The highest BCUT2D eigenvalue weighted by molar-refractivity contribution is 5.24. The molecule has 0 saturated heterocycles. The second-order valence-corrected chi connectivity index (χ2v) is 4.58. The number of aromatic hydroxyl groups is 1. The summed E-state index contributed by atoms with van der Waals surface area (Å²) in [7, 11) is 1.70. The van der Waals surface area contributed by atoms with Gasteiger partial charge in [0, 0.05) is 38.1 Å². The number of aryl methyl sites for hydroxylation is 1. The number of rotatable bonds is 7. The Morgan fingerprint density at radius 3 is 3.00 bits per heavy atom. The van der Waals surface area contributed by atoms with Crippen molar-refractivity contribution in [2.75, 3.05) is 13.7 Å². The highest BCUT2D eigenvalue weighted by atomic mass is 16.5. The molecule has 17 heavy (non-hydrogen) atoms. The van der Waals surface area contributed by atoms with E-state index in [0.29, 0.717) is 6.04 Å². The van der Waals surface area contributed by atoms with Gasteiger partial charge in [-0.05, 0) is 37.3 Å². The summed E-state index contributed by atoms with van der Waals surface area (Å²) in [6.45, 7) is 1.55. The molecule has 4 heteroatoms. The summed E-state index contributed by atoms with van der Waals surface area (Å²) in [5, 5.41) is 13.0. The van der Waals surface area contributed by atoms with Crippen LogP contribution in [0.2, 0.25) is 0 Å². The first-order valence-electron chi connectivity index (χ1n) is 6.19. The van der Waals surface area contributed by atoms with Crippen molar-refractivity contribution in [3.8, 4) is 5.88 Å². The van der Waals surface area contributed by atoms with Gasteiger partial charge in [-0.25, -0.2) is 4.98 Å². The number of nitrogens with one attached hydrogen (secondary N) is 1. The summed E-state index contributed by atoms with van der Waals surface area (Å²) < 4.78 is 5.01. The maximum absolute atomic E-state index is 9.56. The van der Waals surface area contributed by atoms with E-state index in [9.17, 15) is 5.11 Å². The van der Waals surface area contributed by atoms with Crippen molar-refractivity contribution in [1.82, 2.24) is 10.3 Å². The van der Waals surface area contributed by atoms with Gasteiger partial charge in [0.1, 0.15) is 0 Å². The third-order valence-electron chi connectivity index (χ3n) is 2.88. The van der Waals surface area contributed by atoms with E-state index in [4.69, 9.17) is 4.74 Å². The molecule has 0 radical (unpaired) electrons. The van der Waals surface area contributed by atoms with E-state index in [-0.39, 0.29) is 5.88 Å². The average molecular weight is 236 g/mol. The molecule has 1 aromatic rings. The molecule has 0 unspecified atom stereocenters. The molecule has 1 fully saturated rings. The smallest absolute Gasteiger partial charge is 0.211 e. The van der Waals surface area contributed by atoms with Gasteiger partial charge in [0.05, 0.1) is 0 Å². The molecule has 2 N–H and O–H groups in total. The lowest BCUT2D eigenvalue weighted by Crippen LogP contribution is -2.15. The molecular weight excluding hydrogens is 216 g/mol. The Labute approximate surface area is 102 Å². The molecular formula is C13H20N2O2. The normalized spacial score (nSPS) is 15.1. The van der Waals surface area contributed by atoms with Crippen LogP contribution < -0.4 is 5.32 Å². The number of methoxy groups -OCH3 is 1. The number of ether oxygens (including phenoxy) is 1. The standard InChI is InChI=1S/C13H20N2O2/c1-17-6-2-3-12-7-10(8-13(16)15-12)9-14-11-4-5-11/h7-8,11,14H,2-6,9H2,1H3,(H,15,16). The number of aromatic nitrogens is 1. The lowest BCUT2D eigenvalue weighted by molar-refractivity contribution is 0.195. The first-order chi connectivity index (χ1) is 8.28. The Morgan fingerprint density at radius 1 is 1.47 bits per heavy atom. The fraction of sp³-hybridized carbons (Fsp3) is 0.615. The zero-order chi connectivity index (χ0) is 12.1. The van der Waals surface area contributed by atoms with Gasteiger partial charge in [0.25, 0.3) is 0 Å². The quantitative estimate of drug-likeness (QED) is 0.706. The topological polar surface area (TPSA) is 54.4 Å². The van der Waals surface area contributed by atoms with Gasteiger partial charge >= 0.3 is 0 Å². The van der Waals surface area contributed by atoms with Crippen LogP contribution in [-0.4, -0.2) is 29.8 Å². The van der Waals surface area contributed by atoms with Crippen LogP contribution in [0, 0.1) is 0 Å². The zero-order valence-corrected chi connectivity index (χ0v) is 10.3. The maximum atomic E-state index is 9.56. The summed E-state index contributed by atoms with van der Waals surface area (Å²) in [4.78, 5) is 4.12. The summed E-state index contributed by atoms with van der Waals surface area (Å²) in [6, 6.07) is 4.47. The third kappa shape index (κ3) is 4.32. The Balaban J connectivity index is 1.90. The number of hydrogen-bond acceptors (Lipinski definition) is 4. The fourth-order valence-electron chi connectivity index (χ4n) is 1.81. The summed E-state index contributed by atoms with van der Waals surface area (Å²) >= 11 is 0. The van der Waals surface area contributed by atoms with E-state index >= 15 is 0 Å². The lowest BCUT2D eigenvalue weighted by Gasteiger charge is -2.07. The van der Waals surface area contributed by atoms with Gasteiger partial charge in [-0.3, -0.25) is 0 Å². The molecule has 94 valence electrons. The highest BCUT2D eigenvalue weighted by Crippen LogP contribution is 2.20. The number of hydrogen-bond donors (Lipinski definition) is 2. The Hall–Kier alpha value is -1.13. The zero-order valence-electron chi connectivity index (χ0n) is 10.3. The number of pyridine rings is 1. The van der Waals surface area contributed by atoms with Crippen LogP contribution in [-0.2, 0) is 17.7 Å². The second-order valence-electron chi connectivity index (χ2n) is 4.58. The summed E-state index contributed by atoms with van der Waals surface area (Å²) in [5.41, 5.74) is 2.05. The van der Waals surface area contributed by atoms with Crippen molar-refractivity contribution in [2.24, 2.45) is 0 Å². The van der Waals surface area contributed by atoms with Crippen molar-refractivity contribution < 1.29 is 9.84 Å². The summed E-state index contributed by atoms with van der Waals surface area (Å²) in [5.74, 6) is 0.118. The third-order valence-corrected chi connectivity index (χ3v) is 2.88. The molecule has 1 saturated carbocycles. The van der Waals surface area contributed by atoms with E-state index in [1.54, 1.807) is 13.2 Å². The van der Waals surface area contributed by atoms with E-state index in [2.05, 4.69) is 16.4 Å².